The van der Waals surface area contributed by atoms with Crippen LogP contribution in [0.1, 0.15) is 75.3 Å². The Morgan fingerprint density at radius 2 is 1.44 bits per heavy atom. The van der Waals surface area contributed by atoms with Crippen LogP contribution in [0.5, 0.6) is 0 Å². The van der Waals surface area contributed by atoms with E-state index in [1.807, 2.05) is 19.9 Å². The van der Waals surface area contributed by atoms with Crippen molar-refractivity contribution < 1.29 is 0 Å². The molecule has 0 spiro atoms. The lowest BCUT2D eigenvalue weighted by Crippen LogP contribution is -2.21. The highest BCUT2D eigenvalue weighted by molar-refractivity contribution is 6.27. The highest BCUT2D eigenvalue weighted by atomic mass is 14.2. The van der Waals surface area contributed by atoms with Crippen LogP contribution in [0.4, 0.5) is 0 Å². The van der Waals surface area contributed by atoms with Gasteiger partial charge in [0.05, 0.1) is 0 Å². The first-order valence-corrected chi connectivity index (χ1v) is 18.4. The Labute approximate surface area is 300 Å². The van der Waals surface area contributed by atoms with Crippen LogP contribution in [0, 0.1) is 6.92 Å². The Hall–Kier alpha value is -5.20. The molecule has 1 aliphatic carbocycles. The Morgan fingerprint density at radius 3 is 2.14 bits per heavy atom. The standard InChI is InChI=1S/C38H32.C10H14.C2H6/c1-5-28(23-31-15-11-10-12-25(31)3)36-24-29(6-2)33-20-21-34-32(26(4)22-27-13-8-7-9-14-27)18-16-30-17-19-35(36)38(33)37(30)34;1-3-6-10-8-5-4-7-9(10)2;1-2/h5,7-13,15-24H,3-4,6,14H2,1-2H3;4-5,7-8H,3,6H2,1-2H3;1-2H3/b27-22-,28-5+,31-23-;;. The van der Waals surface area contributed by atoms with Crippen LogP contribution in [0.25, 0.3) is 56.1 Å². The third-order valence-electron chi connectivity index (χ3n) is 9.63. The number of rotatable bonds is 7. The lowest BCUT2D eigenvalue weighted by molar-refractivity contribution is 0.913. The maximum atomic E-state index is 4.49. The molecule has 0 aliphatic heterocycles. The SMILES string of the molecule is C=C(/C=C1/C=CC=CC1)c1ccc2ccc3c(C(/C=c4/ccccc4=C)=C/C)cc(CC)c4ccc1c2c43.CC.CCCc1ccccc1C. The lowest BCUT2D eigenvalue weighted by atomic mass is 9.84. The van der Waals surface area contributed by atoms with Crippen molar-refractivity contribution in [1.82, 2.24) is 0 Å². The fourth-order valence-corrected chi connectivity index (χ4v) is 7.04. The van der Waals surface area contributed by atoms with Gasteiger partial charge in [-0.1, -0.05) is 169 Å². The second-order valence-electron chi connectivity index (χ2n) is 12.8. The minimum atomic E-state index is 0.948. The van der Waals surface area contributed by atoms with Crippen LogP contribution in [0.15, 0.2) is 140 Å². The fraction of sp³-hybridized carbons (Fsp3) is 0.200. The third-order valence-corrected chi connectivity index (χ3v) is 9.63. The second-order valence-corrected chi connectivity index (χ2v) is 12.8. The van der Waals surface area contributed by atoms with E-state index in [1.54, 1.807) is 0 Å². The van der Waals surface area contributed by atoms with Crippen LogP contribution in [-0.4, -0.2) is 0 Å². The zero-order valence-electron chi connectivity index (χ0n) is 30.9. The van der Waals surface area contributed by atoms with Crippen molar-refractivity contribution in [2.75, 3.05) is 0 Å². The molecular weight excluding hydrogens is 601 g/mol. The highest BCUT2D eigenvalue weighted by Gasteiger charge is 2.17. The van der Waals surface area contributed by atoms with Crippen molar-refractivity contribution in [2.24, 2.45) is 0 Å². The summed E-state index contributed by atoms with van der Waals surface area (Å²) >= 11 is 0. The second kappa shape index (κ2) is 17.0. The normalized spacial score (nSPS) is 13.8. The third kappa shape index (κ3) is 7.66. The Kier molecular flexibility index (Phi) is 12.2. The molecule has 0 nitrogen and oxygen atoms in total. The Balaban J connectivity index is 0.000000347. The molecule has 1 aliphatic rings. The molecule has 0 aromatic heterocycles. The molecule has 0 bridgehead atoms. The summed E-state index contributed by atoms with van der Waals surface area (Å²) in [6.07, 6.45) is 19.7. The van der Waals surface area contributed by atoms with Crippen molar-refractivity contribution in [2.45, 2.75) is 67.2 Å². The molecule has 7 rings (SSSR count). The molecular formula is C50H52. The maximum absolute atomic E-state index is 4.49. The molecule has 0 heterocycles. The van der Waals surface area contributed by atoms with Crippen LogP contribution in [0.3, 0.4) is 0 Å². The minimum Gasteiger partial charge on any atom is -0.0912 e. The van der Waals surface area contributed by atoms with Gasteiger partial charge in [0.2, 0.25) is 0 Å². The van der Waals surface area contributed by atoms with E-state index in [1.165, 1.54) is 84.1 Å². The lowest BCUT2D eigenvalue weighted by Gasteiger charge is -2.19. The molecule has 6 aromatic carbocycles. The maximum Gasteiger partial charge on any atom is -0.00176 e. The zero-order chi connectivity index (χ0) is 35.6. The molecule has 0 amide bonds. The molecule has 0 fully saturated rings. The largest absolute Gasteiger partial charge is 0.0912 e. The molecule has 50 heavy (non-hydrogen) atoms. The van der Waals surface area contributed by atoms with E-state index in [9.17, 15) is 0 Å². The van der Waals surface area contributed by atoms with Gasteiger partial charge in [0, 0.05) is 0 Å². The summed E-state index contributed by atoms with van der Waals surface area (Å²) in [4.78, 5) is 0. The number of benzene rings is 6. The average Bonchev–Trinajstić information content (AvgIpc) is 3.16. The van der Waals surface area contributed by atoms with E-state index in [4.69, 9.17) is 0 Å². The van der Waals surface area contributed by atoms with E-state index in [0.29, 0.717) is 0 Å². The topological polar surface area (TPSA) is 0 Å². The first-order chi connectivity index (χ1) is 24.4. The Bertz CT molecular complexity index is 2350. The summed E-state index contributed by atoms with van der Waals surface area (Å²) in [5.74, 6) is 0. The molecule has 0 N–H and O–H groups in total. The number of allylic oxidation sites excluding steroid dienone is 9. The van der Waals surface area contributed by atoms with Gasteiger partial charge in [0.15, 0.2) is 0 Å². The van der Waals surface area contributed by atoms with Gasteiger partial charge in [-0.3, -0.25) is 0 Å². The average molecular weight is 653 g/mol. The van der Waals surface area contributed by atoms with Gasteiger partial charge >= 0.3 is 0 Å². The van der Waals surface area contributed by atoms with Crippen molar-refractivity contribution in [1.29, 1.82) is 0 Å². The predicted octanol–water partition coefficient (Wildman–Crippen LogP) is 12.9. The molecule has 0 radical (unpaired) electrons. The predicted molar refractivity (Wildman–Crippen MR) is 225 cm³/mol. The van der Waals surface area contributed by atoms with Crippen LogP contribution >= 0.6 is 0 Å². The van der Waals surface area contributed by atoms with Gasteiger partial charge < -0.3 is 0 Å². The van der Waals surface area contributed by atoms with E-state index in [0.717, 1.165) is 28.9 Å². The van der Waals surface area contributed by atoms with Gasteiger partial charge in [0.1, 0.15) is 0 Å². The van der Waals surface area contributed by atoms with Gasteiger partial charge in [-0.2, -0.15) is 0 Å². The zero-order valence-corrected chi connectivity index (χ0v) is 30.9. The van der Waals surface area contributed by atoms with Crippen LogP contribution in [0.2, 0.25) is 0 Å². The van der Waals surface area contributed by atoms with Crippen LogP contribution in [-0.2, 0) is 12.8 Å². The van der Waals surface area contributed by atoms with E-state index < -0.39 is 0 Å². The summed E-state index contributed by atoms with van der Waals surface area (Å²) in [7, 11) is 0. The fourth-order valence-electron chi connectivity index (χ4n) is 7.04. The van der Waals surface area contributed by atoms with Crippen molar-refractivity contribution >= 4 is 56.1 Å². The monoisotopic (exact) mass is 652 g/mol. The molecule has 0 saturated heterocycles. The molecule has 0 atom stereocenters. The molecule has 0 saturated carbocycles. The molecule has 0 heteroatoms. The minimum absolute atomic E-state index is 0.948. The number of hydrogen-bond acceptors (Lipinski definition) is 0. The van der Waals surface area contributed by atoms with Crippen molar-refractivity contribution in [3.05, 3.63) is 178 Å². The van der Waals surface area contributed by atoms with E-state index in [-0.39, 0.29) is 0 Å². The van der Waals surface area contributed by atoms with E-state index in [2.05, 4.69) is 168 Å². The van der Waals surface area contributed by atoms with Gasteiger partial charge in [0.25, 0.3) is 0 Å². The number of hydrogen-bond donors (Lipinski definition) is 0. The summed E-state index contributed by atoms with van der Waals surface area (Å²) in [5, 5.41) is 10.1. The Morgan fingerprint density at radius 1 is 0.740 bits per heavy atom. The molecule has 252 valence electrons. The van der Waals surface area contributed by atoms with Gasteiger partial charge in [-0.15, -0.1) is 0 Å². The number of aryl methyl sites for hydroxylation is 3. The van der Waals surface area contributed by atoms with Gasteiger partial charge in [-0.25, -0.2) is 0 Å². The first kappa shape index (κ1) is 36.1. The van der Waals surface area contributed by atoms with Crippen LogP contribution < -0.4 is 10.4 Å². The highest BCUT2D eigenvalue weighted by Crippen LogP contribution is 2.42. The van der Waals surface area contributed by atoms with E-state index >= 15 is 0 Å². The van der Waals surface area contributed by atoms with Gasteiger partial charge in [-0.05, 0) is 133 Å². The molecule has 6 aromatic rings. The summed E-state index contributed by atoms with van der Waals surface area (Å²) < 4.78 is 0. The summed E-state index contributed by atoms with van der Waals surface area (Å²) in [6.45, 7) is 21.5. The summed E-state index contributed by atoms with van der Waals surface area (Å²) in [6, 6.07) is 33.0. The summed E-state index contributed by atoms with van der Waals surface area (Å²) in [5.41, 5.74) is 10.3. The molecule has 0 unspecified atom stereocenters. The smallest absolute Gasteiger partial charge is 0.00176 e. The van der Waals surface area contributed by atoms with Crippen molar-refractivity contribution in [3.8, 4) is 0 Å². The first-order valence-electron chi connectivity index (χ1n) is 18.4. The quantitative estimate of drug-likeness (QED) is 0.151. The van der Waals surface area contributed by atoms with Crippen molar-refractivity contribution in [3.63, 3.8) is 0 Å².